The Bertz CT molecular complexity index is 840. The summed E-state index contributed by atoms with van der Waals surface area (Å²) in [6.45, 7) is 3.57. The average Bonchev–Trinajstić information content (AvgIpc) is 2.75. The Balaban J connectivity index is 2.21. The van der Waals surface area contributed by atoms with Crippen LogP contribution >= 0.6 is 0 Å². The molecular formula is C22H25N3O4. The zero-order valence-electron chi connectivity index (χ0n) is 16.0. The zero-order chi connectivity index (χ0) is 21.2. The molecule has 0 aliphatic heterocycles. The minimum atomic E-state index is -1.63. The van der Waals surface area contributed by atoms with Gasteiger partial charge in [-0.25, -0.2) is 0 Å². The molecule has 0 aromatic heterocycles. The van der Waals surface area contributed by atoms with Gasteiger partial charge in [-0.2, -0.15) is 0 Å². The topological polar surface area (TPSA) is 122 Å². The smallest absolute Gasteiger partial charge is 0.252 e. The number of aliphatic hydroxyl groups excluding tert-OH is 1. The molecule has 0 bridgehead atoms. The highest BCUT2D eigenvalue weighted by Crippen LogP contribution is 2.18. The second-order valence-corrected chi connectivity index (χ2v) is 6.50. The van der Waals surface area contributed by atoms with E-state index in [9.17, 15) is 19.5 Å². The van der Waals surface area contributed by atoms with Crippen LogP contribution in [0.2, 0.25) is 0 Å². The van der Waals surface area contributed by atoms with Crippen LogP contribution in [-0.2, 0) is 9.59 Å². The van der Waals surface area contributed by atoms with Gasteiger partial charge >= 0.3 is 0 Å². The summed E-state index contributed by atoms with van der Waals surface area (Å²) in [5, 5.41) is 15.8. The number of benzene rings is 2. The maximum atomic E-state index is 12.6. The molecule has 0 saturated carbocycles. The fourth-order valence-corrected chi connectivity index (χ4v) is 2.80. The lowest BCUT2D eigenvalue weighted by Crippen LogP contribution is -2.51. The maximum Gasteiger partial charge on any atom is 0.252 e. The fourth-order valence-electron chi connectivity index (χ4n) is 2.80. The van der Waals surface area contributed by atoms with Gasteiger partial charge < -0.3 is 21.5 Å². The molecule has 7 nitrogen and oxygen atoms in total. The van der Waals surface area contributed by atoms with E-state index < -0.39 is 35.9 Å². The van der Waals surface area contributed by atoms with E-state index in [1.165, 1.54) is 0 Å². The molecular weight excluding hydrogens is 370 g/mol. The van der Waals surface area contributed by atoms with Crippen molar-refractivity contribution < 1.29 is 19.5 Å². The Morgan fingerprint density at radius 2 is 1.59 bits per heavy atom. The number of allylic oxidation sites excluding steroid dienone is 1. The SMILES string of the molecule is C=CCC[C@H](NC(=O)[C@H](O)[C@@H](NC(=O)c1ccccc1)c1ccccc1)C(N)=O. The Kier molecular flexibility index (Phi) is 8.12. The van der Waals surface area contributed by atoms with Gasteiger partial charge in [0.05, 0.1) is 6.04 Å². The van der Waals surface area contributed by atoms with Gasteiger partial charge in [0.1, 0.15) is 6.04 Å². The van der Waals surface area contributed by atoms with Crippen molar-refractivity contribution >= 4 is 17.7 Å². The molecule has 0 unspecified atom stereocenters. The van der Waals surface area contributed by atoms with Crippen molar-refractivity contribution in [1.29, 1.82) is 0 Å². The molecule has 0 aliphatic carbocycles. The van der Waals surface area contributed by atoms with Crippen LogP contribution in [-0.4, -0.2) is 35.0 Å². The normalized spacial score (nSPS) is 13.6. The number of hydrogen-bond donors (Lipinski definition) is 4. The second-order valence-electron chi connectivity index (χ2n) is 6.50. The molecule has 2 aromatic rings. The quantitative estimate of drug-likeness (QED) is 0.455. The molecule has 152 valence electrons. The first-order valence-corrected chi connectivity index (χ1v) is 9.23. The fraction of sp³-hybridized carbons (Fsp3) is 0.227. The van der Waals surface area contributed by atoms with Crippen LogP contribution in [0.1, 0.15) is 34.8 Å². The van der Waals surface area contributed by atoms with Crippen LogP contribution in [0.25, 0.3) is 0 Å². The molecule has 0 spiro atoms. The molecule has 5 N–H and O–H groups in total. The van der Waals surface area contributed by atoms with Gasteiger partial charge in [-0.1, -0.05) is 54.6 Å². The van der Waals surface area contributed by atoms with Crippen LogP contribution in [0.4, 0.5) is 0 Å². The summed E-state index contributed by atoms with van der Waals surface area (Å²) in [6, 6.07) is 15.1. The number of aliphatic hydroxyl groups is 1. The van der Waals surface area contributed by atoms with Gasteiger partial charge in [-0.3, -0.25) is 14.4 Å². The van der Waals surface area contributed by atoms with Crippen LogP contribution in [0, 0.1) is 0 Å². The highest BCUT2D eigenvalue weighted by atomic mass is 16.3. The van der Waals surface area contributed by atoms with Gasteiger partial charge in [0.2, 0.25) is 5.91 Å². The molecule has 3 amide bonds. The highest BCUT2D eigenvalue weighted by molar-refractivity contribution is 5.95. The standard InChI is InChI=1S/C22H25N3O4/c1-2-3-14-17(20(23)27)24-22(29)19(26)18(15-10-6-4-7-11-15)25-21(28)16-12-8-5-9-13-16/h2,4-13,17-19,26H,1,3,14H2,(H2,23,27)(H,24,29)(H,25,28)/t17-,18-,19+/m0/s1. The Morgan fingerprint density at radius 1 is 1.00 bits per heavy atom. The van der Waals surface area contributed by atoms with Crippen LogP contribution < -0.4 is 16.4 Å². The van der Waals surface area contributed by atoms with Gasteiger partial charge in [0.15, 0.2) is 6.10 Å². The molecule has 0 aliphatic rings. The summed E-state index contributed by atoms with van der Waals surface area (Å²) < 4.78 is 0. The number of nitrogens with one attached hydrogen (secondary N) is 2. The molecule has 29 heavy (non-hydrogen) atoms. The van der Waals surface area contributed by atoms with Gasteiger partial charge in [-0.05, 0) is 30.5 Å². The molecule has 7 heteroatoms. The molecule has 0 fully saturated rings. The van der Waals surface area contributed by atoms with Crippen molar-refractivity contribution in [2.75, 3.05) is 0 Å². The maximum absolute atomic E-state index is 12.6. The van der Waals surface area contributed by atoms with Crippen LogP contribution in [0.3, 0.4) is 0 Å². The Hall–Kier alpha value is -3.45. The summed E-state index contributed by atoms with van der Waals surface area (Å²) >= 11 is 0. The summed E-state index contributed by atoms with van der Waals surface area (Å²) in [5.41, 5.74) is 6.26. The summed E-state index contributed by atoms with van der Waals surface area (Å²) in [6.07, 6.45) is 0.710. The first kappa shape index (κ1) is 21.8. The van der Waals surface area contributed by atoms with E-state index in [0.29, 0.717) is 17.5 Å². The van der Waals surface area contributed by atoms with Crippen molar-refractivity contribution in [3.63, 3.8) is 0 Å². The van der Waals surface area contributed by atoms with Gasteiger partial charge in [-0.15, -0.1) is 6.58 Å². The van der Waals surface area contributed by atoms with E-state index in [0.717, 1.165) is 0 Å². The van der Waals surface area contributed by atoms with Crippen molar-refractivity contribution in [3.05, 3.63) is 84.4 Å². The first-order valence-electron chi connectivity index (χ1n) is 9.23. The summed E-state index contributed by atoms with van der Waals surface area (Å²) in [5.74, 6) is -1.96. The van der Waals surface area contributed by atoms with E-state index in [2.05, 4.69) is 17.2 Å². The molecule has 3 atom stereocenters. The van der Waals surface area contributed by atoms with E-state index >= 15 is 0 Å². The Labute approximate surface area is 169 Å². The van der Waals surface area contributed by atoms with E-state index in [1.54, 1.807) is 66.7 Å². The largest absolute Gasteiger partial charge is 0.381 e. The van der Waals surface area contributed by atoms with Crippen molar-refractivity contribution in [3.8, 4) is 0 Å². The number of primary amides is 1. The zero-order valence-corrected chi connectivity index (χ0v) is 16.0. The van der Waals surface area contributed by atoms with E-state index in [-0.39, 0.29) is 6.42 Å². The number of carbonyl (C=O) groups is 3. The second kappa shape index (κ2) is 10.8. The summed E-state index contributed by atoms with van der Waals surface area (Å²) in [7, 11) is 0. The molecule has 0 radical (unpaired) electrons. The van der Waals surface area contributed by atoms with Crippen LogP contribution in [0.15, 0.2) is 73.3 Å². The third-order valence-corrected chi connectivity index (χ3v) is 4.39. The van der Waals surface area contributed by atoms with Crippen LogP contribution in [0.5, 0.6) is 0 Å². The predicted molar refractivity (Wildman–Crippen MR) is 110 cm³/mol. The minimum absolute atomic E-state index is 0.268. The molecule has 2 rings (SSSR count). The molecule has 0 heterocycles. The van der Waals surface area contributed by atoms with Gasteiger partial charge in [0.25, 0.3) is 11.8 Å². The summed E-state index contributed by atoms with van der Waals surface area (Å²) in [4.78, 5) is 36.8. The lowest BCUT2D eigenvalue weighted by atomic mass is 9.99. The predicted octanol–water partition coefficient (Wildman–Crippen LogP) is 1.45. The van der Waals surface area contributed by atoms with Crippen molar-refractivity contribution in [2.45, 2.75) is 31.0 Å². The van der Waals surface area contributed by atoms with E-state index in [4.69, 9.17) is 5.73 Å². The number of carbonyl (C=O) groups excluding carboxylic acids is 3. The average molecular weight is 395 g/mol. The monoisotopic (exact) mass is 395 g/mol. The number of amides is 3. The molecule has 0 saturated heterocycles. The van der Waals surface area contributed by atoms with Gasteiger partial charge in [0, 0.05) is 5.56 Å². The lowest BCUT2D eigenvalue weighted by molar-refractivity contribution is -0.134. The van der Waals surface area contributed by atoms with E-state index in [1.807, 2.05) is 0 Å². The van der Waals surface area contributed by atoms with Crippen molar-refractivity contribution in [2.24, 2.45) is 5.73 Å². The third kappa shape index (κ3) is 6.29. The number of hydrogen-bond acceptors (Lipinski definition) is 4. The number of nitrogens with two attached hydrogens (primary N) is 1. The first-order chi connectivity index (χ1) is 13.9. The Morgan fingerprint density at radius 3 is 2.14 bits per heavy atom. The lowest BCUT2D eigenvalue weighted by Gasteiger charge is -2.25. The van der Waals surface area contributed by atoms with Crippen molar-refractivity contribution in [1.82, 2.24) is 10.6 Å². The molecule has 2 aromatic carbocycles. The number of rotatable bonds is 10. The highest BCUT2D eigenvalue weighted by Gasteiger charge is 2.31. The minimum Gasteiger partial charge on any atom is -0.381 e. The third-order valence-electron chi connectivity index (χ3n) is 4.39.